The summed E-state index contributed by atoms with van der Waals surface area (Å²) in [4.78, 5) is 28.1. The van der Waals surface area contributed by atoms with E-state index in [2.05, 4.69) is 6.07 Å². The molecular formula is C31H30N4O3. The molecule has 7 nitrogen and oxygen atoms in total. The topological polar surface area (TPSA) is 88.2 Å². The largest absolute Gasteiger partial charge is 0.491 e. The highest BCUT2D eigenvalue weighted by Crippen LogP contribution is 2.35. The summed E-state index contributed by atoms with van der Waals surface area (Å²) >= 11 is 0. The van der Waals surface area contributed by atoms with E-state index in [0.717, 1.165) is 42.7 Å². The first-order chi connectivity index (χ1) is 18.4. The molecule has 1 aliphatic heterocycles. The highest BCUT2D eigenvalue weighted by atomic mass is 16.5. The van der Waals surface area contributed by atoms with E-state index in [1.54, 1.807) is 17.7 Å². The maximum Gasteiger partial charge on any atom is 0.271 e. The maximum absolute atomic E-state index is 13.7. The number of hydrogen-bond acceptors (Lipinski definition) is 5. The Labute approximate surface area is 222 Å². The van der Waals surface area contributed by atoms with E-state index >= 15 is 0 Å². The van der Waals surface area contributed by atoms with Gasteiger partial charge >= 0.3 is 0 Å². The number of carbonyl (C=O) groups is 2. The summed E-state index contributed by atoms with van der Waals surface area (Å²) < 4.78 is 7.57. The van der Waals surface area contributed by atoms with Crippen LogP contribution in [0.1, 0.15) is 52.0 Å². The summed E-state index contributed by atoms with van der Waals surface area (Å²) in [7, 11) is 0. The van der Waals surface area contributed by atoms with Crippen molar-refractivity contribution >= 4 is 17.9 Å². The molecule has 0 N–H and O–H groups in total. The lowest BCUT2D eigenvalue weighted by atomic mass is 9.92. The number of para-hydroxylation sites is 1. The van der Waals surface area contributed by atoms with Crippen molar-refractivity contribution in [1.82, 2.24) is 14.7 Å². The van der Waals surface area contributed by atoms with Gasteiger partial charge in [0.05, 0.1) is 17.5 Å². The molecule has 2 heterocycles. The highest BCUT2D eigenvalue weighted by Gasteiger charge is 2.40. The van der Waals surface area contributed by atoms with E-state index in [1.807, 2.05) is 74.6 Å². The van der Waals surface area contributed by atoms with Crippen LogP contribution in [-0.4, -0.2) is 38.6 Å². The molecule has 2 aromatic carbocycles. The zero-order valence-electron chi connectivity index (χ0n) is 21.8. The second-order valence-electron chi connectivity index (χ2n) is 9.99. The number of carbonyl (C=O) groups excluding carboxylic acids is 2. The van der Waals surface area contributed by atoms with Crippen LogP contribution < -0.4 is 4.74 Å². The number of nitriles is 1. The van der Waals surface area contributed by atoms with Gasteiger partial charge in [-0.3, -0.25) is 14.5 Å². The van der Waals surface area contributed by atoms with Gasteiger partial charge in [-0.15, -0.1) is 0 Å². The number of aromatic nitrogens is 2. The molecule has 0 unspecified atom stereocenters. The minimum atomic E-state index is -0.486. The van der Waals surface area contributed by atoms with Gasteiger partial charge in [-0.2, -0.15) is 10.4 Å². The zero-order chi connectivity index (χ0) is 26.8. The summed E-state index contributed by atoms with van der Waals surface area (Å²) in [5, 5.41) is 14.7. The van der Waals surface area contributed by atoms with Crippen molar-refractivity contribution in [3.05, 3.63) is 83.1 Å². The van der Waals surface area contributed by atoms with Crippen molar-refractivity contribution in [3.8, 4) is 28.8 Å². The van der Waals surface area contributed by atoms with Gasteiger partial charge in [0.25, 0.3) is 11.8 Å². The first-order valence-corrected chi connectivity index (χ1v) is 13.0. The van der Waals surface area contributed by atoms with Crippen LogP contribution in [0.4, 0.5) is 0 Å². The lowest BCUT2D eigenvalue weighted by Gasteiger charge is -2.32. The molecule has 192 valence electrons. The molecule has 3 aromatic rings. The second-order valence-corrected chi connectivity index (χ2v) is 9.99. The molecular weight excluding hydrogens is 476 g/mol. The quantitative estimate of drug-likeness (QED) is 0.309. The van der Waals surface area contributed by atoms with Crippen LogP contribution >= 0.6 is 0 Å². The van der Waals surface area contributed by atoms with Gasteiger partial charge in [-0.25, -0.2) is 4.68 Å². The fourth-order valence-electron chi connectivity index (χ4n) is 5.14. The van der Waals surface area contributed by atoms with Gasteiger partial charge in [-0.05, 0) is 81.7 Å². The number of ether oxygens (including phenoxy) is 1. The van der Waals surface area contributed by atoms with Gasteiger partial charge in [0.1, 0.15) is 17.4 Å². The zero-order valence-corrected chi connectivity index (χ0v) is 21.8. The summed E-state index contributed by atoms with van der Waals surface area (Å²) in [5.74, 6) is -0.0748. The van der Waals surface area contributed by atoms with E-state index in [4.69, 9.17) is 9.84 Å². The number of rotatable bonds is 6. The lowest BCUT2D eigenvalue weighted by Crippen LogP contribution is -2.47. The predicted molar refractivity (Wildman–Crippen MR) is 145 cm³/mol. The minimum absolute atomic E-state index is 0.0231. The average Bonchev–Trinajstić information content (AvgIpc) is 3.58. The second kappa shape index (κ2) is 10.5. The van der Waals surface area contributed by atoms with Gasteiger partial charge < -0.3 is 4.74 Å². The van der Waals surface area contributed by atoms with Crippen molar-refractivity contribution in [3.63, 3.8) is 0 Å². The first-order valence-electron chi connectivity index (χ1n) is 13.0. The van der Waals surface area contributed by atoms with Gasteiger partial charge in [0, 0.05) is 28.9 Å². The minimum Gasteiger partial charge on any atom is -0.491 e. The molecule has 0 spiro atoms. The van der Waals surface area contributed by atoms with Crippen molar-refractivity contribution in [1.29, 1.82) is 5.26 Å². The van der Waals surface area contributed by atoms with Gasteiger partial charge in [0.15, 0.2) is 0 Å². The summed E-state index contributed by atoms with van der Waals surface area (Å²) in [6.45, 7) is 5.63. The number of hydrogen-bond donors (Lipinski definition) is 0. The third-order valence-corrected chi connectivity index (χ3v) is 7.03. The Morgan fingerprint density at radius 2 is 1.71 bits per heavy atom. The van der Waals surface area contributed by atoms with Crippen molar-refractivity contribution in [2.45, 2.75) is 58.6 Å². The van der Waals surface area contributed by atoms with Crippen LogP contribution in [0.15, 0.2) is 77.5 Å². The predicted octanol–water partition coefficient (Wildman–Crippen LogP) is 5.86. The molecule has 1 saturated carbocycles. The molecule has 2 amide bonds. The third-order valence-electron chi connectivity index (χ3n) is 7.03. The Kier molecular flexibility index (Phi) is 6.97. The molecule has 1 fully saturated rings. The van der Waals surface area contributed by atoms with E-state index in [-0.39, 0.29) is 23.6 Å². The van der Waals surface area contributed by atoms with Crippen LogP contribution in [-0.2, 0) is 9.59 Å². The van der Waals surface area contributed by atoms with Gasteiger partial charge in [-0.1, -0.05) is 31.0 Å². The fraction of sp³-hybridized carbons (Fsp3) is 0.290. The average molecular weight is 507 g/mol. The van der Waals surface area contributed by atoms with Crippen LogP contribution in [0.25, 0.3) is 23.0 Å². The Bertz CT molecular complexity index is 1470. The molecule has 2 aliphatic rings. The first kappa shape index (κ1) is 25.2. The van der Waals surface area contributed by atoms with Crippen LogP contribution in [0.3, 0.4) is 0 Å². The standard InChI is InChI=1S/C31H30N4O3/c1-20(2)38-26-15-13-22(14-16-26)29-23(19-34(33-29)24-9-5-4-6-10-24)17-27-21(3)28(18-32)31(37)35(30(27)36)25-11-7-8-12-25/h4-6,9-10,13-17,19-20,25H,7-8,11-12H2,1-3H3/b27-17+. The molecule has 1 aliphatic carbocycles. The van der Waals surface area contributed by atoms with E-state index in [9.17, 15) is 14.9 Å². The van der Waals surface area contributed by atoms with Crippen molar-refractivity contribution < 1.29 is 14.3 Å². The fourth-order valence-corrected chi connectivity index (χ4v) is 5.14. The molecule has 0 radical (unpaired) electrons. The molecule has 0 atom stereocenters. The highest BCUT2D eigenvalue weighted by molar-refractivity contribution is 6.20. The Morgan fingerprint density at radius 1 is 1.03 bits per heavy atom. The summed E-state index contributed by atoms with van der Waals surface area (Å²) in [5.41, 5.74) is 3.90. The number of imide groups is 1. The summed E-state index contributed by atoms with van der Waals surface area (Å²) in [6.07, 6.45) is 7.18. The molecule has 1 aromatic heterocycles. The maximum atomic E-state index is 13.7. The van der Waals surface area contributed by atoms with Crippen LogP contribution in [0.2, 0.25) is 0 Å². The third kappa shape index (κ3) is 4.78. The number of nitrogens with zero attached hydrogens (tertiary/aromatic N) is 4. The number of amides is 2. The SMILES string of the molecule is CC1=C(C#N)C(=O)N(C2CCCC2)C(=O)/C1=C/c1cn(-c2ccccc2)nc1-c1ccc(OC(C)C)cc1. The molecule has 38 heavy (non-hydrogen) atoms. The lowest BCUT2D eigenvalue weighted by molar-refractivity contribution is -0.143. The molecule has 7 heteroatoms. The Morgan fingerprint density at radius 3 is 2.34 bits per heavy atom. The summed E-state index contributed by atoms with van der Waals surface area (Å²) in [6, 6.07) is 19.3. The van der Waals surface area contributed by atoms with Crippen molar-refractivity contribution in [2.24, 2.45) is 0 Å². The molecule has 0 bridgehead atoms. The Balaban J connectivity index is 1.64. The monoisotopic (exact) mass is 506 g/mol. The molecule has 0 saturated heterocycles. The number of benzene rings is 2. The van der Waals surface area contributed by atoms with Crippen molar-refractivity contribution in [2.75, 3.05) is 0 Å². The van der Waals surface area contributed by atoms with Crippen LogP contribution in [0.5, 0.6) is 5.75 Å². The van der Waals surface area contributed by atoms with E-state index < -0.39 is 5.91 Å². The smallest absolute Gasteiger partial charge is 0.271 e. The van der Waals surface area contributed by atoms with E-state index in [1.165, 1.54) is 4.90 Å². The van der Waals surface area contributed by atoms with Crippen LogP contribution in [0, 0.1) is 11.3 Å². The van der Waals surface area contributed by atoms with E-state index in [0.29, 0.717) is 22.4 Å². The Hall–Kier alpha value is -4.44. The normalized spacial score (nSPS) is 17.6. The van der Waals surface area contributed by atoms with Gasteiger partial charge in [0.2, 0.25) is 0 Å². The molecule has 5 rings (SSSR count).